The van der Waals surface area contributed by atoms with Crippen LogP contribution in [0.15, 0.2) is 35.6 Å². The van der Waals surface area contributed by atoms with Crippen LogP contribution in [0.4, 0.5) is 11.6 Å². The molecule has 0 saturated heterocycles. The summed E-state index contributed by atoms with van der Waals surface area (Å²) < 4.78 is 3.64. The molecular weight excluding hydrogens is 398 g/mol. The van der Waals surface area contributed by atoms with Gasteiger partial charge in [0.25, 0.3) is 0 Å². The van der Waals surface area contributed by atoms with Crippen molar-refractivity contribution in [3.63, 3.8) is 0 Å². The van der Waals surface area contributed by atoms with E-state index in [1.165, 1.54) is 0 Å². The van der Waals surface area contributed by atoms with Gasteiger partial charge in [0.1, 0.15) is 0 Å². The molecule has 0 saturated carbocycles. The zero-order valence-electron chi connectivity index (χ0n) is 17.9. The minimum Gasteiger partial charge on any atom is -0.351 e. The molecule has 8 nitrogen and oxygen atoms in total. The van der Waals surface area contributed by atoms with E-state index in [0.29, 0.717) is 11.1 Å². The van der Waals surface area contributed by atoms with Crippen LogP contribution >= 0.6 is 11.8 Å². The minimum absolute atomic E-state index is 0.0524. The number of para-hydroxylation sites is 1. The highest BCUT2D eigenvalue weighted by atomic mass is 32.2. The summed E-state index contributed by atoms with van der Waals surface area (Å²) >= 11 is 1.59. The number of aryl methyl sites for hydroxylation is 3. The number of nitrogens with zero attached hydrogens (tertiary/aromatic N) is 5. The summed E-state index contributed by atoms with van der Waals surface area (Å²) in [6, 6.07) is 7.38. The van der Waals surface area contributed by atoms with Gasteiger partial charge in [0.05, 0.1) is 17.7 Å². The number of carbonyl (C=O) groups is 1. The van der Waals surface area contributed by atoms with Gasteiger partial charge in [-0.3, -0.25) is 9.48 Å². The Bertz CT molecular complexity index is 1070. The first-order chi connectivity index (χ1) is 14.4. The Morgan fingerprint density at radius 2 is 2.03 bits per heavy atom. The van der Waals surface area contributed by atoms with E-state index in [1.54, 1.807) is 16.4 Å². The van der Waals surface area contributed by atoms with Crippen molar-refractivity contribution < 1.29 is 4.79 Å². The molecule has 1 aliphatic heterocycles. The second-order valence-corrected chi connectivity index (χ2v) is 8.88. The molecule has 30 heavy (non-hydrogen) atoms. The highest BCUT2D eigenvalue weighted by molar-refractivity contribution is 7.99. The van der Waals surface area contributed by atoms with Crippen LogP contribution < -0.4 is 10.6 Å². The van der Waals surface area contributed by atoms with Crippen LogP contribution in [0.3, 0.4) is 0 Å². The number of aromatic nitrogens is 5. The summed E-state index contributed by atoms with van der Waals surface area (Å²) in [5, 5.41) is 16.5. The monoisotopic (exact) mass is 425 g/mol. The van der Waals surface area contributed by atoms with E-state index in [0.717, 1.165) is 28.3 Å². The number of amides is 1. The Morgan fingerprint density at radius 1 is 1.27 bits per heavy atom. The van der Waals surface area contributed by atoms with Crippen molar-refractivity contribution in [2.45, 2.75) is 44.9 Å². The van der Waals surface area contributed by atoms with E-state index in [-0.39, 0.29) is 23.9 Å². The van der Waals surface area contributed by atoms with Crippen molar-refractivity contribution in [1.29, 1.82) is 0 Å². The number of rotatable bonds is 5. The molecule has 0 fully saturated rings. The number of anilines is 2. The quantitative estimate of drug-likeness (QED) is 0.609. The van der Waals surface area contributed by atoms with E-state index >= 15 is 0 Å². The SMILES string of the molecule is CCSc1nc2n(n1)[C@@H](c1cn(C)nc1C)[C@H](C(=O)Nc1ccccc1C)[C@H](C)N2. The Balaban J connectivity index is 1.78. The van der Waals surface area contributed by atoms with Crippen LogP contribution in [0.25, 0.3) is 0 Å². The summed E-state index contributed by atoms with van der Waals surface area (Å²) in [6.45, 7) is 8.05. The fraction of sp³-hybridized carbons (Fsp3) is 0.429. The minimum atomic E-state index is -0.388. The molecule has 9 heteroatoms. The van der Waals surface area contributed by atoms with Crippen molar-refractivity contribution in [3.05, 3.63) is 47.3 Å². The van der Waals surface area contributed by atoms with Gasteiger partial charge in [0.15, 0.2) is 0 Å². The molecule has 158 valence electrons. The maximum Gasteiger partial charge on any atom is 0.232 e. The number of hydrogen-bond donors (Lipinski definition) is 2. The highest BCUT2D eigenvalue weighted by Gasteiger charge is 2.43. The molecule has 1 aliphatic rings. The van der Waals surface area contributed by atoms with Gasteiger partial charge in [-0.2, -0.15) is 10.1 Å². The van der Waals surface area contributed by atoms with Gasteiger partial charge in [-0.1, -0.05) is 36.9 Å². The van der Waals surface area contributed by atoms with Gasteiger partial charge >= 0.3 is 0 Å². The van der Waals surface area contributed by atoms with E-state index in [9.17, 15) is 4.79 Å². The van der Waals surface area contributed by atoms with Gasteiger partial charge in [-0.15, -0.1) is 5.10 Å². The fourth-order valence-corrected chi connectivity index (χ4v) is 4.59. The predicted molar refractivity (Wildman–Crippen MR) is 119 cm³/mol. The maximum absolute atomic E-state index is 13.5. The molecule has 3 aromatic rings. The molecule has 0 unspecified atom stereocenters. The average Bonchev–Trinajstić information content (AvgIpc) is 3.24. The van der Waals surface area contributed by atoms with Crippen LogP contribution in [-0.2, 0) is 11.8 Å². The molecule has 3 heterocycles. The van der Waals surface area contributed by atoms with Gasteiger partial charge in [0.2, 0.25) is 17.0 Å². The summed E-state index contributed by atoms with van der Waals surface area (Å²) in [4.78, 5) is 18.2. The summed E-state index contributed by atoms with van der Waals surface area (Å²) in [7, 11) is 1.89. The average molecular weight is 426 g/mol. The molecule has 1 amide bonds. The third-order valence-corrected chi connectivity index (χ3v) is 6.18. The van der Waals surface area contributed by atoms with Crippen LogP contribution in [0.1, 0.15) is 36.7 Å². The lowest BCUT2D eigenvalue weighted by atomic mass is 9.85. The summed E-state index contributed by atoms with van der Waals surface area (Å²) in [6.07, 6.45) is 1.98. The third-order valence-electron chi connectivity index (χ3n) is 5.46. The lowest BCUT2D eigenvalue weighted by Crippen LogP contribution is -2.46. The molecule has 2 N–H and O–H groups in total. The molecule has 0 aliphatic carbocycles. The predicted octanol–water partition coefficient (Wildman–Crippen LogP) is 3.40. The molecule has 4 rings (SSSR count). The lowest BCUT2D eigenvalue weighted by Gasteiger charge is -2.36. The Kier molecular flexibility index (Phi) is 5.55. The smallest absolute Gasteiger partial charge is 0.232 e. The van der Waals surface area contributed by atoms with Crippen LogP contribution in [0.5, 0.6) is 0 Å². The van der Waals surface area contributed by atoms with Crippen molar-refractivity contribution in [1.82, 2.24) is 24.5 Å². The Morgan fingerprint density at radius 3 is 2.70 bits per heavy atom. The summed E-state index contributed by atoms with van der Waals surface area (Å²) in [5.41, 5.74) is 3.72. The largest absolute Gasteiger partial charge is 0.351 e. The van der Waals surface area contributed by atoms with Gasteiger partial charge < -0.3 is 10.6 Å². The molecular formula is C21H27N7OS. The molecule has 0 radical (unpaired) electrons. The third kappa shape index (κ3) is 3.69. The second-order valence-electron chi connectivity index (χ2n) is 7.65. The number of hydrogen-bond acceptors (Lipinski definition) is 6. The molecule has 0 spiro atoms. The maximum atomic E-state index is 13.5. The van der Waals surface area contributed by atoms with E-state index in [1.807, 2.05) is 63.0 Å². The fourth-order valence-electron chi connectivity index (χ4n) is 4.04. The van der Waals surface area contributed by atoms with Crippen molar-refractivity contribution >= 4 is 29.3 Å². The Hall–Kier alpha value is -2.81. The van der Waals surface area contributed by atoms with Crippen molar-refractivity contribution in [3.8, 4) is 0 Å². The van der Waals surface area contributed by atoms with Crippen molar-refractivity contribution in [2.24, 2.45) is 13.0 Å². The van der Waals surface area contributed by atoms with Gasteiger partial charge in [0, 0.05) is 30.5 Å². The van der Waals surface area contributed by atoms with E-state index in [4.69, 9.17) is 5.10 Å². The van der Waals surface area contributed by atoms with Gasteiger partial charge in [-0.25, -0.2) is 4.68 Å². The normalized spacial score (nSPS) is 20.5. The van der Waals surface area contributed by atoms with Crippen molar-refractivity contribution in [2.75, 3.05) is 16.4 Å². The number of fused-ring (bicyclic) bond motifs is 1. The molecule has 1 aromatic carbocycles. The number of nitrogens with one attached hydrogen (secondary N) is 2. The molecule has 3 atom stereocenters. The first kappa shape index (κ1) is 20.5. The highest BCUT2D eigenvalue weighted by Crippen LogP contribution is 2.38. The number of carbonyl (C=O) groups excluding carboxylic acids is 1. The summed E-state index contributed by atoms with van der Waals surface area (Å²) in [5.74, 6) is 1.13. The zero-order chi connectivity index (χ0) is 21.4. The van der Waals surface area contributed by atoms with Gasteiger partial charge in [-0.05, 0) is 38.2 Å². The first-order valence-corrected chi connectivity index (χ1v) is 11.1. The second kappa shape index (κ2) is 8.14. The lowest BCUT2D eigenvalue weighted by molar-refractivity contribution is -0.121. The molecule has 2 aromatic heterocycles. The number of thioether (sulfide) groups is 1. The van der Waals surface area contributed by atoms with Crippen LogP contribution in [-0.4, -0.2) is 42.2 Å². The topological polar surface area (TPSA) is 89.7 Å². The molecule has 0 bridgehead atoms. The van der Waals surface area contributed by atoms with E-state index < -0.39 is 0 Å². The van der Waals surface area contributed by atoms with Crippen LogP contribution in [0, 0.1) is 19.8 Å². The first-order valence-electron chi connectivity index (χ1n) is 10.1. The standard InChI is InChI=1S/C21H27N7OS/c1-6-30-21-24-20-22-14(4)17(19(29)23-16-10-8-7-9-12(16)2)18(28(20)26-21)15-11-27(5)25-13(15)3/h7-11,14,17-18H,6H2,1-5H3,(H,23,29)(H,22,24,26)/t14-,17+,18-/m0/s1. The number of benzene rings is 1. The zero-order valence-corrected chi connectivity index (χ0v) is 18.7. The van der Waals surface area contributed by atoms with Crippen LogP contribution in [0.2, 0.25) is 0 Å². The van der Waals surface area contributed by atoms with E-state index in [2.05, 4.69) is 27.6 Å². The Labute approximate surface area is 180 Å².